The van der Waals surface area contributed by atoms with Gasteiger partial charge in [-0.1, -0.05) is 17.3 Å². The van der Waals surface area contributed by atoms with Crippen LogP contribution in [0.1, 0.15) is 11.3 Å². The summed E-state index contributed by atoms with van der Waals surface area (Å²) in [6.45, 7) is 0.430. The van der Waals surface area contributed by atoms with E-state index in [0.717, 1.165) is 22.6 Å². The summed E-state index contributed by atoms with van der Waals surface area (Å²) in [4.78, 5) is 12.1. The van der Waals surface area contributed by atoms with Gasteiger partial charge in [-0.2, -0.15) is 0 Å². The van der Waals surface area contributed by atoms with Crippen LogP contribution in [0.2, 0.25) is 0 Å². The van der Waals surface area contributed by atoms with Crippen molar-refractivity contribution >= 4 is 5.91 Å². The van der Waals surface area contributed by atoms with E-state index in [0.29, 0.717) is 18.0 Å². The highest BCUT2D eigenvalue weighted by molar-refractivity contribution is 5.78. The third kappa shape index (κ3) is 4.42. The minimum Gasteiger partial charge on any atom is -0.497 e. The van der Waals surface area contributed by atoms with Gasteiger partial charge in [-0.15, -0.1) is 0 Å². The standard InChI is InChI=1S/C20H20N2O4/c1-24-17-8-6-15(7-9-17)19-11-16(22-26-19)12-20(23)21-13-14-4-3-5-18(10-14)25-2/h3-11H,12-13H2,1-2H3,(H,21,23). The predicted molar refractivity (Wildman–Crippen MR) is 97.0 cm³/mol. The van der Waals surface area contributed by atoms with Crippen molar-refractivity contribution in [2.75, 3.05) is 14.2 Å². The van der Waals surface area contributed by atoms with Crippen molar-refractivity contribution in [3.05, 3.63) is 65.9 Å². The number of methoxy groups -OCH3 is 2. The van der Waals surface area contributed by atoms with E-state index in [1.165, 1.54) is 0 Å². The fraction of sp³-hybridized carbons (Fsp3) is 0.200. The smallest absolute Gasteiger partial charge is 0.226 e. The molecule has 3 rings (SSSR count). The molecule has 1 heterocycles. The lowest BCUT2D eigenvalue weighted by molar-refractivity contribution is -0.120. The van der Waals surface area contributed by atoms with Gasteiger partial charge < -0.3 is 19.3 Å². The zero-order valence-corrected chi connectivity index (χ0v) is 14.7. The Balaban J connectivity index is 1.56. The summed E-state index contributed by atoms with van der Waals surface area (Å²) in [6.07, 6.45) is 0.156. The van der Waals surface area contributed by atoms with E-state index in [4.69, 9.17) is 14.0 Å². The zero-order chi connectivity index (χ0) is 18.4. The molecular weight excluding hydrogens is 332 g/mol. The van der Waals surface area contributed by atoms with Crippen LogP contribution >= 0.6 is 0 Å². The number of hydrogen-bond acceptors (Lipinski definition) is 5. The van der Waals surface area contributed by atoms with E-state index < -0.39 is 0 Å². The Hall–Kier alpha value is -3.28. The van der Waals surface area contributed by atoms with Crippen molar-refractivity contribution in [1.82, 2.24) is 10.5 Å². The average Bonchev–Trinajstić information content (AvgIpc) is 3.15. The van der Waals surface area contributed by atoms with E-state index in [-0.39, 0.29) is 12.3 Å². The second-order valence-corrected chi connectivity index (χ2v) is 5.72. The van der Waals surface area contributed by atoms with E-state index in [9.17, 15) is 4.79 Å². The van der Waals surface area contributed by atoms with Gasteiger partial charge >= 0.3 is 0 Å². The number of amides is 1. The fourth-order valence-electron chi connectivity index (χ4n) is 2.50. The second kappa shape index (κ2) is 8.20. The Morgan fingerprint density at radius 3 is 2.54 bits per heavy atom. The van der Waals surface area contributed by atoms with E-state index in [1.54, 1.807) is 20.3 Å². The van der Waals surface area contributed by atoms with Gasteiger partial charge in [0, 0.05) is 18.2 Å². The summed E-state index contributed by atoms with van der Waals surface area (Å²) in [5.41, 5.74) is 2.43. The van der Waals surface area contributed by atoms with Crippen molar-refractivity contribution in [2.24, 2.45) is 0 Å². The summed E-state index contributed by atoms with van der Waals surface area (Å²) in [5.74, 6) is 2.02. The van der Waals surface area contributed by atoms with Crippen LogP contribution in [-0.4, -0.2) is 25.3 Å². The van der Waals surface area contributed by atoms with Crippen LogP contribution in [0.3, 0.4) is 0 Å². The highest BCUT2D eigenvalue weighted by Gasteiger charge is 2.11. The van der Waals surface area contributed by atoms with Crippen molar-refractivity contribution in [1.29, 1.82) is 0 Å². The first-order valence-corrected chi connectivity index (χ1v) is 8.17. The largest absolute Gasteiger partial charge is 0.497 e. The molecule has 0 saturated carbocycles. The van der Waals surface area contributed by atoms with E-state index in [2.05, 4.69) is 10.5 Å². The fourth-order valence-corrected chi connectivity index (χ4v) is 2.50. The molecule has 0 aliphatic heterocycles. The molecule has 3 aromatic rings. The Bertz CT molecular complexity index is 872. The lowest BCUT2D eigenvalue weighted by Gasteiger charge is -2.06. The lowest BCUT2D eigenvalue weighted by atomic mass is 10.1. The second-order valence-electron chi connectivity index (χ2n) is 5.72. The molecule has 6 heteroatoms. The summed E-state index contributed by atoms with van der Waals surface area (Å²) in [6, 6.07) is 16.8. The van der Waals surface area contributed by atoms with Crippen LogP contribution in [0, 0.1) is 0 Å². The van der Waals surface area contributed by atoms with Crippen LogP contribution < -0.4 is 14.8 Å². The van der Waals surface area contributed by atoms with Crippen LogP contribution in [0.5, 0.6) is 11.5 Å². The first-order chi connectivity index (χ1) is 12.7. The number of carbonyl (C=O) groups is 1. The molecule has 1 amide bonds. The number of rotatable bonds is 7. The maximum atomic E-state index is 12.1. The predicted octanol–water partition coefficient (Wildman–Crippen LogP) is 3.22. The number of aromatic nitrogens is 1. The normalized spacial score (nSPS) is 10.4. The third-order valence-corrected chi connectivity index (χ3v) is 3.90. The molecule has 0 unspecified atom stereocenters. The van der Waals surface area contributed by atoms with Gasteiger partial charge in [-0.3, -0.25) is 4.79 Å². The molecule has 0 saturated heterocycles. The Morgan fingerprint density at radius 2 is 1.81 bits per heavy atom. The van der Waals surface area contributed by atoms with E-state index >= 15 is 0 Å². The number of nitrogens with zero attached hydrogens (tertiary/aromatic N) is 1. The van der Waals surface area contributed by atoms with Crippen LogP contribution in [-0.2, 0) is 17.8 Å². The maximum Gasteiger partial charge on any atom is 0.226 e. The van der Waals surface area contributed by atoms with Crippen LogP contribution in [0.15, 0.2) is 59.1 Å². The maximum absolute atomic E-state index is 12.1. The molecule has 1 aromatic heterocycles. The first-order valence-electron chi connectivity index (χ1n) is 8.17. The van der Waals surface area contributed by atoms with Gasteiger partial charge in [0.25, 0.3) is 0 Å². The summed E-state index contributed by atoms with van der Waals surface area (Å²) in [7, 11) is 3.23. The molecule has 0 atom stereocenters. The number of ether oxygens (including phenoxy) is 2. The molecular formula is C20H20N2O4. The molecule has 0 radical (unpaired) electrons. The molecule has 134 valence electrons. The van der Waals surface area contributed by atoms with Gasteiger partial charge in [0.05, 0.1) is 26.3 Å². The Labute approximate surface area is 151 Å². The van der Waals surface area contributed by atoms with Gasteiger partial charge in [0.1, 0.15) is 11.5 Å². The summed E-state index contributed by atoms with van der Waals surface area (Å²) < 4.78 is 15.6. The van der Waals surface area contributed by atoms with Crippen molar-refractivity contribution in [3.63, 3.8) is 0 Å². The molecule has 0 fully saturated rings. The van der Waals surface area contributed by atoms with Gasteiger partial charge in [0.15, 0.2) is 5.76 Å². The Morgan fingerprint density at radius 1 is 1.04 bits per heavy atom. The highest BCUT2D eigenvalue weighted by atomic mass is 16.5. The molecule has 6 nitrogen and oxygen atoms in total. The number of nitrogens with one attached hydrogen (secondary N) is 1. The SMILES string of the molecule is COc1ccc(-c2cc(CC(=O)NCc3cccc(OC)c3)no2)cc1. The summed E-state index contributed by atoms with van der Waals surface area (Å²) >= 11 is 0. The number of carbonyl (C=O) groups excluding carboxylic acids is 1. The quantitative estimate of drug-likeness (QED) is 0.707. The van der Waals surface area contributed by atoms with Crippen LogP contribution in [0.25, 0.3) is 11.3 Å². The minimum atomic E-state index is -0.123. The third-order valence-electron chi connectivity index (χ3n) is 3.90. The molecule has 1 N–H and O–H groups in total. The van der Waals surface area contributed by atoms with Crippen molar-refractivity contribution in [2.45, 2.75) is 13.0 Å². The van der Waals surface area contributed by atoms with E-state index in [1.807, 2.05) is 48.5 Å². The molecule has 0 bridgehead atoms. The molecule has 2 aromatic carbocycles. The van der Waals surface area contributed by atoms with Crippen LogP contribution in [0.4, 0.5) is 0 Å². The molecule has 0 aliphatic rings. The Kier molecular flexibility index (Phi) is 5.53. The molecule has 0 spiro atoms. The van der Waals surface area contributed by atoms with Crippen molar-refractivity contribution in [3.8, 4) is 22.8 Å². The zero-order valence-electron chi connectivity index (χ0n) is 14.7. The topological polar surface area (TPSA) is 73.6 Å². The number of benzene rings is 2. The van der Waals surface area contributed by atoms with Gasteiger partial charge in [-0.25, -0.2) is 0 Å². The average molecular weight is 352 g/mol. The van der Waals surface area contributed by atoms with Gasteiger partial charge in [0.2, 0.25) is 5.91 Å². The highest BCUT2D eigenvalue weighted by Crippen LogP contribution is 2.23. The monoisotopic (exact) mass is 352 g/mol. The lowest BCUT2D eigenvalue weighted by Crippen LogP contribution is -2.24. The number of hydrogen-bond donors (Lipinski definition) is 1. The molecule has 26 heavy (non-hydrogen) atoms. The minimum absolute atomic E-state index is 0.123. The summed E-state index contributed by atoms with van der Waals surface area (Å²) in [5, 5.41) is 6.84. The first kappa shape index (κ1) is 17.5. The molecule has 0 aliphatic carbocycles. The van der Waals surface area contributed by atoms with Gasteiger partial charge in [-0.05, 0) is 42.0 Å². The van der Waals surface area contributed by atoms with Crippen molar-refractivity contribution < 1.29 is 18.8 Å².